The average molecular weight is 411 g/mol. The second-order valence-electron chi connectivity index (χ2n) is 7.27. The number of hydrogen-bond acceptors (Lipinski definition) is 3. The van der Waals surface area contributed by atoms with Crippen LogP contribution < -0.4 is 10.6 Å². The maximum absolute atomic E-state index is 12.5. The molecule has 0 aliphatic rings. The number of amides is 2. The maximum Gasteiger partial charge on any atom is 0.319 e. The van der Waals surface area contributed by atoms with Gasteiger partial charge in [0.2, 0.25) is 0 Å². The molecule has 0 bridgehead atoms. The molecule has 0 saturated carbocycles. The number of rotatable bonds is 5. The monoisotopic (exact) mass is 411 g/mol. The molecule has 6 heteroatoms. The average Bonchev–Trinajstić information content (AvgIpc) is 2.79. The van der Waals surface area contributed by atoms with Gasteiger partial charge in [0.25, 0.3) is 5.69 Å². The minimum absolute atomic E-state index is 0.0547. The van der Waals surface area contributed by atoms with Crippen molar-refractivity contribution in [2.75, 3.05) is 5.32 Å². The SMILES string of the molecule is CC(NC(=O)Nc1ccc(-c2ccc([N+](=O)[O-])cc2)cc1)c1cccc2ccccc12. The van der Waals surface area contributed by atoms with Gasteiger partial charge in [-0.25, -0.2) is 4.79 Å². The molecule has 4 rings (SSSR count). The van der Waals surface area contributed by atoms with E-state index in [1.165, 1.54) is 12.1 Å². The van der Waals surface area contributed by atoms with Crippen molar-refractivity contribution in [3.63, 3.8) is 0 Å². The lowest BCUT2D eigenvalue weighted by Crippen LogP contribution is -2.31. The van der Waals surface area contributed by atoms with E-state index in [0.717, 1.165) is 27.5 Å². The summed E-state index contributed by atoms with van der Waals surface area (Å²) < 4.78 is 0. The Kier molecular flexibility index (Phi) is 5.62. The molecule has 0 aliphatic heterocycles. The molecular formula is C25H21N3O3. The molecule has 0 saturated heterocycles. The van der Waals surface area contributed by atoms with Crippen molar-refractivity contribution in [3.8, 4) is 11.1 Å². The number of nitro benzene ring substituents is 1. The van der Waals surface area contributed by atoms with E-state index in [9.17, 15) is 14.9 Å². The highest BCUT2D eigenvalue weighted by atomic mass is 16.6. The van der Waals surface area contributed by atoms with Gasteiger partial charge in [0.15, 0.2) is 0 Å². The van der Waals surface area contributed by atoms with Crippen LogP contribution in [0.5, 0.6) is 0 Å². The van der Waals surface area contributed by atoms with Crippen LogP contribution >= 0.6 is 0 Å². The molecule has 1 unspecified atom stereocenters. The summed E-state index contributed by atoms with van der Waals surface area (Å²) in [6.45, 7) is 1.96. The zero-order valence-corrected chi connectivity index (χ0v) is 16.9. The van der Waals surface area contributed by atoms with Crippen LogP contribution in [0.25, 0.3) is 21.9 Å². The summed E-state index contributed by atoms with van der Waals surface area (Å²) in [4.78, 5) is 22.9. The van der Waals surface area contributed by atoms with E-state index in [-0.39, 0.29) is 17.8 Å². The first-order chi connectivity index (χ1) is 15.0. The number of fused-ring (bicyclic) bond motifs is 1. The Morgan fingerprint density at radius 1 is 0.839 bits per heavy atom. The van der Waals surface area contributed by atoms with Crippen LogP contribution in [0.15, 0.2) is 91.0 Å². The van der Waals surface area contributed by atoms with Crippen molar-refractivity contribution >= 4 is 28.2 Å². The molecule has 0 spiro atoms. The molecule has 0 radical (unpaired) electrons. The van der Waals surface area contributed by atoms with Crippen molar-refractivity contribution in [2.45, 2.75) is 13.0 Å². The molecule has 2 amide bonds. The van der Waals surface area contributed by atoms with E-state index in [0.29, 0.717) is 5.69 Å². The summed E-state index contributed by atoms with van der Waals surface area (Å²) in [6, 6.07) is 27.4. The molecule has 2 N–H and O–H groups in total. The first-order valence-corrected chi connectivity index (χ1v) is 9.91. The van der Waals surface area contributed by atoms with Crippen LogP contribution in [-0.2, 0) is 0 Å². The van der Waals surface area contributed by atoms with E-state index in [1.54, 1.807) is 24.3 Å². The Hall–Kier alpha value is -4.19. The number of nitrogens with zero attached hydrogens (tertiary/aromatic N) is 1. The first-order valence-electron chi connectivity index (χ1n) is 9.91. The number of urea groups is 1. The van der Waals surface area contributed by atoms with Crippen molar-refractivity contribution in [1.82, 2.24) is 5.32 Å². The van der Waals surface area contributed by atoms with Gasteiger partial charge in [-0.2, -0.15) is 0 Å². The highest BCUT2D eigenvalue weighted by Crippen LogP contribution is 2.25. The number of nitrogens with one attached hydrogen (secondary N) is 2. The van der Waals surface area contributed by atoms with Crippen LogP contribution in [-0.4, -0.2) is 11.0 Å². The van der Waals surface area contributed by atoms with Crippen LogP contribution in [0, 0.1) is 10.1 Å². The fraction of sp³-hybridized carbons (Fsp3) is 0.0800. The van der Waals surface area contributed by atoms with Gasteiger partial charge >= 0.3 is 6.03 Å². The predicted molar refractivity (Wildman–Crippen MR) is 123 cm³/mol. The Morgan fingerprint density at radius 2 is 1.45 bits per heavy atom. The van der Waals surface area contributed by atoms with Crippen LogP contribution in [0.2, 0.25) is 0 Å². The van der Waals surface area contributed by atoms with Gasteiger partial charge in [-0.1, -0.05) is 54.6 Å². The smallest absolute Gasteiger partial charge is 0.319 e. The highest BCUT2D eigenvalue weighted by Gasteiger charge is 2.12. The summed E-state index contributed by atoms with van der Waals surface area (Å²) in [6.07, 6.45) is 0. The predicted octanol–water partition coefficient (Wildman–Crippen LogP) is 6.30. The molecule has 4 aromatic rings. The second kappa shape index (κ2) is 8.67. The van der Waals surface area contributed by atoms with Gasteiger partial charge in [-0.3, -0.25) is 10.1 Å². The molecule has 0 aliphatic carbocycles. The van der Waals surface area contributed by atoms with Gasteiger partial charge in [0.05, 0.1) is 11.0 Å². The number of benzene rings is 4. The van der Waals surface area contributed by atoms with Gasteiger partial charge in [-0.15, -0.1) is 0 Å². The molecule has 6 nitrogen and oxygen atoms in total. The minimum atomic E-state index is -0.422. The summed E-state index contributed by atoms with van der Waals surface area (Å²) in [7, 11) is 0. The summed E-state index contributed by atoms with van der Waals surface area (Å²) in [5.41, 5.74) is 3.55. The molecular weight excluding hydrogens is 390 g/mol. The lowest BCUT2D eigenvalue weighted by Gasteiger charge is -2.17. The molecule has 4 aromatic carbocycles. The third kappa shape index (κ3) is 4.53. The molecule has 1 atom stereocenters. The first kappa shape index (κ1) is 20.1. The van der Waals surface area contributed by atoms with Gasteiger partial charge < -0.3 is 10.6 Å². The normalized spacial score (nSPS) is 11.6. The quantitative estimate of drug-likeness (QED) is 0.299. The standard InChI is InChI=1S/C25H21N3O3/c1-17(23-8-4-6-20-5-2-3-7-24(20)23)26-25(29)27-21-13-9-18(10-14-21)19-11-15-22(16-12-19)28(30)31/h2-17H,1H3,(H2,26,27,29). The van der Waals surface area contributed by atoms with Gasteiger partial charge in [-0.05, 0) is 58.7 Å². The maximum atomic E-state index is 12.5. The summed E-state index contributed by atoms with van der Waals surface area (Å²) in [5.74, 6) is 0. The number of non-ortho nitro benzene ring substituents is 1. The number of hydrogen-bond donors (Lipinski definition) is 2. The second-order valence-corrected chi connectivity index (χ2v) is 7.27. The van der Waals surface area contributed by atoms with E-state index >= 15 is 0 Å². The minimum Gasteiger partial charge on any atom is -0.331 e. The fourth-order valence-electron chi connectivity index (χ4n) is 3.59. The number of carbonyl (C=O) groups excluding carboxylic acids is 1. The third-order valence-corrected chi connectivity index (χ3v) is 5.19. The lowest BCUT2D eigenvalue weighted by atomic mass is 10.00. The lowest BCUT2D eigenvalue weighted by molar-refractivity contribution is -0.384. The zero-order chi connectivity index (χ0) is 21.8. The van der Waals surface area contributed by atoms with Crippen LogP contribution in [0.4, 0.5) is 16.2 Å². The number of anilines is 1. The van der Waals surface area contributed by atoms with Crippen molar-refractivity contribution in [1.29, 1.82) is 0 Å². The molecule has 0 aromatic heterocycles. The zero-order valence-electron chi connectivity index (χ0n) is 16.9. The van der Waals surface area contributed by atoms with Gasteiger partial charge in [0.1, 0.15) is 0 Å². The molecule has 31 heavy (non-hydrogen) atoms. The fourth-order valence-corrected chi connectivity index (χ4v) is 3.59. The summed E-state index contributed by atoms with van der Waals surface area (Å²) in [5, 5.41) is 18.9. The molecule has 154 valence electrons. The van der Waals surface area contributed by atoms with E-state index < -0.39 is 4.92 Å². The molecule has 0 fully saturated rings. The van der Waals surface area contributed by atoms with Crippen molar-refractivity contribution < 1.29 is 9.72 Å². The Morgan fingerprint density at radius 3 is 2.13 bits per heavy atom. The molecule has 0 heterocycles. The van der Waals surface area contributed by atoms with Crippen LogP contribution in [0.3, 0.4) is 0 Å². The highest BCUT2D eigenvalue weighted by molar-refractivity contribution is 5.91. The van der Waals surface area contributed by atoms with E-state index in [2.05, 4.69) is 28.8 Å². The van der Waals surface area contributed by atoms with E-state index in [1.807, 2.05) is 43.3 Å². The van der Waals surface area contributed by atoms with Crippen molar-refractivity contribution in [2.24, 2.45) is 0 Å². The van der Waals surface area contributed by atoms with Crippen LogP contribution in [0.1, 0.15) is 18.5 Å². The Labute approximate surface area is 179 Å². The third-order valence-electron chi connectivity index (χ3n) is 5.19. The Balaban J connectivity index is 1.42. The van der Waals surface area contributed by atoms with Crippen molar-refractivity contribution in [3.05, 3.63) is 107 Å². The topological polar surface area (TPSA) is 84.3 Å². The summed E-state index contributed by atoms with van der Waals surface area (Å²) >= 11 is 0. The number of carbonyl (C=O) groups is 1. The largest absolute Gasteiger partial charge is 0.331 e. The van der Waals surface area contributed by atoms with Gasteiger partial charge in [0, 0.05) is 17.8 Å². The number of nitro groups is 1. The van der Waals surface area contributed by atoms with E-state index in [4.69, 9.17) is 0 Å². The Bertz CT molecular complexity index is 1230.